The number of carboxylic acid groups (broad SMARTS) is 1. The Kier molecular flexibility index (Phi) is 8.59. The fraction of sp³-hybridized carbons (Fsp3) is 0.500. The van der Waals surface area contributed by atoms with Crippen molar-refractivity contribution < 1.29 is 14.7 Å². The van der Waals surface area contributed by atoms with Crippen LogP contribution >= 0.6 is 0 Å². The molecule has 184 valence electrons. The highest BCUT2D eigenvalue weighted by Crippen LogP contribution is 2.42. The number of nitrogens with zero attached hydrogens (tertiary/aromatic N) is 1. The van der Waals surface area contributed by atoms with Gasteiger partial charge in [-0.2, -0.15) is 0 Å². The first-order chi connectivity index (χ1) is 16.1. The fourth-order valence-corrected chi connectivity index (χ4v) is 4.89. The molecule has 2 amide bonds. The van der Waals surface area contributed by atoms with E-state index in [9.17, 15) is 14.7 Å². The van der Waals surface area contributed by atoms with Crippen molar-refractivity contribution in [1.82, 2.24) is 0 Å². The average molecular weight is 466 g/mol. The number of carbonyl (C=O) groups is 2. The van der Waals surface area contributed by atoms with E-state index in [2.05, 4.69) is 55.4 Å². The molecule has 2 atom stereocenters. The van der Waals surface area contributed by atoms with Crippen molar-refractivity contribution in [3.8, 4) is 0 Å². The molecular weight excluding hydrogens is 426 g/mol. The van der Waals surface area contributed by atoms with Crippen LogP contribution in [-0.4, -0.2) is 30.2 Å². The number of rotatable bonds is 9. The van der Waals surface area contributed by atoms with Crippen LogP contribution in [0.15, 0.2) is 42.5 Å². The molecule has 6 nitrogen and oxygen atoms in total. The van der Waals surface area contributed by atoms with Crippen molar-refractivity contribution in [2.24, 2.45) is 17.8 Å². The molecule has 1 fully saturated rings. The van der Waals surface area contributed by atoms with E-state index in [4.69, 9.17) is 0 Å². The van der Waals surface area contributed by atoms with Gasteiger partial charge in [-0.15, -0.1) is 0 Å². The zero-order chi connectivity index (χ0) is 24.8. The third-order valence-corrected chi connectivity index (χ3v) is 6.35. The molecule has 0 radical (unpaired) electrons. The molecule has 0 saturated heterocycles. The maximum Gasteiger partial charge on any atom is 0.323 e. The molecule has 2 aromatic rings. The van der Waals surface area contributed by atoms with Crippen molar-refractivity contribution in [3.63, 3.8) is 0 Å². The van der Waals surface area contributed by atoms with Crippen molar-refractivity contribution in [1.29, 1.82) is 0 Å². The standard InChI is InChI=1S/C28H39N3O3/c1-18(2)16-31(17-19(3)4)26-14-11-21(23-7-6-8-24(23)27(32)33)15-25(26)30-28(34)29-22-12-9-20(5)10-13-22/h9-15,18-19,23-24H,6-8,16-17H2,1-5H3,(H,32,33)(H2,29,30,34). The first-order valence-electron chi connectivity index (χ1n) is 12.4. The molecule has 1 saturated carbocycles. The first kappa shape index (κ1) is 25.6. The van der Waals surface area contributed by atoms with Crippen molar-refractivity contribution >= 4 is 29.1 Å². The number of aryl methyl sites for hydroxylation is 1. The second kappa shape index (κ2) is 11.4. The summed E-state index contributed by atoms with van der Waals surface area (Å²) < 4.78 is 0. The molecule has 2 unspecified atom stereocenters. The van der Waals surface area contributed by atoms with Crippen LogP contribution in [0.3, 0.4) is 0 Å². The third-order valence-electron chi connectivity index (χ3n) is 6.35. The zero-order valence-corrected chi connectivity index (χ0v) is 21.1. The van der Waals surface area contributed by atoms with E-state index in [1.165, 1.54) is 0 Å². The molecule has 1 aliphatic rings. The zero-order valence-electron chi connectivity index (χ0n) is 21.1. The molecule has 3 rings (SSSR count). The van der Waals surface area contributed by atoms with Gasteiger partial charge in [-0.25, -0.2) is 4.79 Å². The highest BCUT2D eigenvalue weighted by atomic mass is 16.4. The molecule has 0 bridgehead atoms. The highest BCUT2D eigenvalue weighted by Gasteiger charge is 2.34. The minimum Gasteiger partial charge on any atom is -0.481 e. The molecule has 0 aliphatic heterocycles. The lowest BCUT2D eigenvalue weighted by Crippen LogP contribution is -2.32. The largest absolute Gasteiger partial charge is 0.481 e. The Morgan fingerprint density at radius 1 is 0.971 bits per heavy atom. The summed E-state index contributed by atoms with van der Waals surface area (Å²) in [5, 5.41) is 15.7. The van der Waals surface area contributed by atoms with Gasteiger partial charge in [0.2, 0.25) is 0 Å². The number of anilines is 3. The summed E-state index contributed by atoms with van der Waals surface area (Å²) in [6, 6.07) is 13.5. The lowest BCUT2D eigenvalue weighted by molar-refractivity contribution is -0.142. The van der Waals surface area contributed by atoms with Crippen LogP contribution in [0.2, 0.25) is 0 Å². The highest BCUT2D eigenvalue weighted by molar-refractivity contribution is 6.02. The summed E-state index contributed by atoms with van der Waals surface area (Å²) in [7, 11) is 0. The van der Waals surface area contributed by atoms with Gasteiger partial charge in [-0.3, -0.25) is 4.79 Å². The van der Waals surface area contributed by atoms with E-state index in [0.717, 1.165) is 54.1 Å². The number of benzene rings is 2. The summed E-state index contributed by atoms with van der Waals surface area (Å²) in [6.07, 6.45) is 2.46. The molecular formula is C28H39N3O3. The predicted octanol–water partition coefficient (Wildman–Crippen LogP) is 6.73. The number of aliphatic carboxylic acids is 1. The maximum absolute atomic E-state index is 13.0. The van der Waals surface area contributed by atoms with Crippen LogP contribution in [-0.2, 0) is 4.79 Å². The first-order valence-corrected chi connectivity index (χ1v) is 12.4. The van der Waals surface area contributed by atoms with Crippen LogP contribution in [0, 0.1) is 24.7 Å². The Morgan fingerprint density at radius 2 is 1.62 bits per heavy atom. The van der Waals surface area contributed by atoms with Gasteiger partial charge in [0.15, 0.2) is 0 Å². The molecule has 6 heteroatoms. The van der Waals surface area contributed by atoms with Crippen LogP contribution < -0.4 is 15.5 Å². The Balaban J connectivity index is 1.94. The number of carbonyl (C=O) groups excluding carboxylic acids is 1. The minimum absolute atomic E-state index is 0.0316. The topological polar surface area (TPSA) is 81.7 Å². The second-order valence-corrected chi connectivity index (χ2v) is 10.4. The van der Waals surface area contributed by atoms with Crippen LogP contribution in [0.5, 0.6) is 0 Å². The Morgan fingerprint density at radius 3 is 2.21 bits per heavy atom. The molecule has 1 aliphatic carbocycles. The number of urea groups is 1. The van der Waals surface area contributed by atoms with Crippen LogP contribution in [0.4, 0.5) is 21.9 Å². The van der Waals surface area contributed by atoms with Crippen molar-refractivity contribution in [2.45, 2.75) is 59.8 Å². The molecule has 34 heavy (non-hydrogen) atoms. The lowest BCUT2D eigenvalue weighted by Gasteiger charge is -2.31. The summed E-state index contributed by atoms with van der Waals surface area (Å²) >= 11 is 0. The van der Waals surface area contributed by atoms with Gasteiger partial charge in [-0.05, 0) is 67.3 Å². The predicted molar refractivity (Wildman–Crippen MR) is 140 cm³/mol. The van der Waals surface area contributed by atoms with Gasteiger partial charge in [0.05, 0.1) is 17.3 Å². The summed E-state index contributed by atoms with van der Waals surface area (Å²) in [5.74, 6) is -0.226. The van der Waals surface area contributed by atoms with Crippen LogP contribution in [0.1, 0.15) is 64.0 Å². The fourth-order valence-electron chi connectivity index (χ4n) is 4.89. The van der Waals surface area contributed by atoms with Gasteiger partial charge in [-0.1, -0.05) is 57.9 Å². The molecule has 0 spiro atoms. The van der Waals surface area contributed by atoms with Gasteiger partial charge in [0, 0.05) is 18.8 Å². The summed E-state index contributed by atoms with van der Waals surface area (Å²) in [4.78, 5) is 27.1. The van der Waals surface area contributed by atoms with Gasteiger partial charge in [0.25, 0.3) is 0 Å². The van der Waals surface area contributed by atoms with E-state index in [1.54, 1.807) is 0 Å². The van der Waals surface area contributed by atoms with Crippen LogP contribution in [0.25, 0.3) is 0 Å². The van der Waals surface area contributed by atoms with Gasteiger partial charge >= 0.3 is 12.0 Å². The Labute approximate surface area is 203 Å². The Hall–Kier alpha value is -3.02. The third kappa shape index (κ3) is 6.75. The van der Waals surface area contributed by atoms with Crippen molar-refractivity contribution in [2.75, 3.05) is 28.6 Å². The normalized spacial score (nSPS) is 17.7. The van der Waals surface area contributed by atoms with Crippen molar-refractivity contribution in [3.05, 3.63) is 53.6 Å². The second-order valence-electron chi connectivity index (χ2n) is 10.4. The van der Waals surface area contributed by atoms with E-state index >= 15 is 0 Å². The number of amides is 2. The smallest absolute Gasteiger partial charge is 0.323 e. The quantitative estimate of drug-likeness (QED) is 0.384. The number of hydrogen-bond acceptors (Lipinski definition) is 3. The van der Waals surface area contributed by atoms with E-state index < -0.39 is 5.97 Å². The minimum atomic E-state index is -0.737. The van der Waals surface area contributed by atoms with E-state index in [0.29, 0.717) is 18.3 Å². The lowest BCUT2D eigenvalue weighted by atomic mass is 9.88. The van der Waals surface area contributed by atoms with Gasteiger partial charge < -0.3 is 20.6 Å². The number of hydrogen-bond donors (Lipinski definition) is 3. The maximum atomic E-state index is 13.0. The number of carboxylic acids is 1. The van der Waals surface area contributed by atoms with Gasteiger partial charge in [0.1, 0.15) is 0 Å². The summed E-state index contributed by atoms with van der Waals surface area (Å²) in [6.45, 7) is 12.5. The number of nitrogens with one attached hydrogen (secondary N) is 2. The Bertz CT molecular complexity index is 975. The van der Waals surface area contributed by atoms with E-state index in [-0.39, 0.29) is 17.9 Å². The molecule has 0 aromatic heterocycles. The van der Waals surface area contributed by atoms with E-state index in [1.807, 2.05) is 37.3 Å². The summed E-state index contributed by atoms with van der Waals surface area (Å²) in [5.41, 5.74) is 4.52. The molecule has 2 aromatic carbocycles. The monoisotopic (exact) mass is 465 g/mol. The SMILES string of the molecule is Cc1ccc(NC(=O)Nc2cc(C3CCCC3C(=O)O)ccc2N(CC(C)C)CC(C)C)cc1. The average Bonchev–Trinajstić information content (AvgIpc) is 3.24. The molecule has 0 heterocycles. The molecule has 3 N–H and O–H groups in total.